The topological polar surface area (TPSA) is 38.7 Å². The molecule has 2 aromatic rings. The van der Waals surface area contributed by atoms with Gasteiger partial charge in [-0.1, -0.05) is 60.7 Å². The number of hydrogen-bond acceptors (Lipinski definition) is 5. The Morgan fingerprint density at radius 1 is 0.955 bits per heavy atom. The smallest absolute Gasteiger partial charge is 0.402 e. The Morgan fingerprint density at radius 2 is 1.45 bits per heavy atom. The fraction of sp³-hybridized carbons (Fsp3) is 0.250. The second-order valence-electron chi connectivity index (χ2n) is 4.55. The second-order valence-corrected chi connectivity index (χ2v) is 6.35. The molecule has 0 saturated carbocycles. The Labute approximate surface area is 140 Å². The molecular weight excluding hydrogens is 315 g/mol. The molecule has 2 rings (SSSR count). The first-order valence-corrected chi connectivity index (χ1v) is 9.47. The fourth-order valence-corrected chi connectivity index (χ4v) is 3.38. The molecule has 0 radical (unpaired) electrons. The lowest BCUT2D eigenvalue weighted by Gasteiger charge is -2.34. The molecule has 0 spiro atoms. The molecule has 0 bridgehead atoms. The Bertz CT molecular complexity index is 514. The van der Waals surface area contributed by atoms with E-state index < -0.39 is 12.3 Å². The third-order valence-corrected chi connectivity index (χ3v) is 4.70. The predicted octanol–water partition coefficient (Wildman–Crippen LogP) is 3.58. The van der Waals surface area contributed by atoms with Crippen molar-refractivity contribution in [1.82, 2.24) is 0 Å². The van der Waals surface area contributed by atoms with E-state index in [1.165, 1.54) is 23.5 Å². The molecule has 0 amide bonds. The zero-order chi connectivity index (χ0) is 15.8. The van der Waals surface area contributed by atoms with E-state index in [1.807, 2.05) is 73.2 Å². The Hall–Kier alpha value is -0.915. The maximum atomic E-state index is 10.1. The summed E-state index contributed by atoms with van der Waals surface area (Å²) in [5.41, 5.74) is 1.92. The van der Waals surface area contributed by atoms with E-state index in [2.05, 4.69) is 0 Å². The molecule has 2 aromatic carbocycles. The fourth-order valence-electron chi connectivity index (χ4n) is 2.20. The van der Waals surface area contributed by atoms with Crippen molar-refractivity contribution in [2.45, 2.75) is 4.93 Å². The van der Waals surface area contributed by atoms with Crippen LogP contribution in [0.1, 0.15) is 11.1 Å². The second kappa shape index (κ2) is 8.65. The molecule has 0 fully saturated rings. The van der Waals surface area contributed by atoms with Crippen molar-refractivity contribution in [3.05, 3.63) is 71.8 Å². The molecule has 0 heterocycles. The lowest BCUT2D eigenvalue weighted by molar-refractivity contribution is 0.0987. The Balaban J connectivity index is 2.39. The summed E-state index contributed by atoms with van der Waals surface area (Å²) in [5, 5.41) is 10.1. The molecule has 0 atom stereocenters. The summed E-state index contributed by atoms with van der Waals surface area (Å²) < 4.78 is 11.2. The van der Waals surface area contributed by atoms with Gasteiger partial charge < -0.3 is 14.3 Å². The van der Waals surface area contributed by atoms with Crippen LogP contribution >= 0.6 is 23.5 Å². The minimum Gasteiger partial charge on any atom is -0.402 e. The summed E-state index contributed by atoms with van der Waals surface area (Å²) in [6.07, 6.45) is 3.87. The standard InChI is InChI=1S/C16H19BO3S2/c1-21-13-19-17(18)20-16(22-2,14-9-5-3-6-10-14)15-11-7-4-8-12-15/h3-12,18H,13H2,1-2H3. The highest BCUT2D eigenvalue weighted by Gasteiger charge is 2.39. The van der Waals surface area contributed by atoms with Gasteiger partial charge in [-0.2, -0.15) is 0 Å². The number of thioether (sulfide) groups is 2. The summed E-state index contributed by atoms with van der Waals surface area (Å²) >= 11 is 3.00. The van der Waals surface area contributed by atoms with E-state index in [0.29, 0.717) is 5.94 Å². The highest BCUT2D eigenvalue weighted by molar-refractivity contribution is 7.99. The molecule has 0 aliphatic heterocycles. The quantitative estimate of drug-likeness (QED) is 0.590. The van der Waals surface area contributed by atoms with E-state index in [0.717, 1.165) is 11.1 Å². The van der Waals surface area contributed by atoms with Crippen molar-refractivity contribution in [1.29, 1.82) is 0 Å². The van der Waals surface area contributed by atoms with Crippen LogP contribution in [-0.2, 0) is 14.2 Å². The maximum Gasteiger partial charge on any atom is 0.638 e. The van der Waals surface area contributed by atoms with Gasteiger partial charge in [0.1, 0.15) is 0 Å². The van der Waals surface area contributed by atoms with Crippen LogP contribution in [0.3, 0.4) is 0 Å². The van der Waals surface area contributed by atoms with Gasteiger partial charge in [0.2, 0.25) is 0 Å². The first kappa shape index (κ1) is 17.4. The van der Waals surface area contributed by atoms with Gasteiger partial charge in [-0.25, -0.2) is 0 Å². The van der Waals surface area contributed by atoms with Crippen LogP contribution in [0.15, 0.2) is 60.7 Å². The average Bonchev–Trinajstić information content (AvgIpc) is 2.59. The molecule has 0 aromatic heterocycles. The number of benzene rings is 2. The summed E-state index contributed by atoms with van der Waals surface area (Å²) in [6, 6.07) is 19.7. The van der Waals surface area contributed by atoms with Crippen molar-refractivity contribution in [3.8, 4) is 0 Å². The number of hydrogen-bond donors (Lipinski definition) is 1. The largest absolute Gasteiger partial charge is 0.638 e. The van der Waals surface area contributed by atoms with E-state index in [4.69, 9.17) is 9.31 Å². The first-order valence-electron chi connectivity index (χ1n) is 6.85. The average molecular weight is 334 g/mol. The molecule has 6 heteroatoms. The van der Waals surface area contributed by atoms with Gasteiger partial charge in [-0.3, -0.25) is 0 Å². The molecule has 3 nitrogen and oxygen atoms in total. The van der Waals surface area contributed by atoms with Crippen molar-refractivity contribution in [3.63, 3.8) is 0 Å². The first-order chi connectivity index (χ1) is 10.7. The van der Waals surface area contributed by atoms with E-state index in [9.17, 15) is 5.02 Å². The van der Waals surface area contributed by atoms with Gasteiger partial charge in [0.05, 0.1) is 5.94 Å². The van der Waals surface area contributed by atoms with E-state index in [1.54, 1.807) is 0 Å². The molecule has 0 saturated heterocycles. The summed E-state index contributed by atoms with van der Waals surface area (Å²) in [5.74, 6) is 0.370. The minimum atomic E-state index is -1.29. The highest BCUT2D eigenvalue weighted by atomic mass is 32.2. The van der Waals surface area contributed by atoms with Crippen LogP contribution in [0.2, 0.25) is 0 Å². The van der Waals surface area contributed by atoms with Gasteiger partial charge in [0.25, 0.3) is 0 Å². The van der Waals surface area contributed by atoms with Crippen LogP contribution < -0.4 is 0 Å². The van der Waals surface area contributed by atoms with E-state index >= 15 is 0 Å². The molecule has 1 N–H and O–H groups in total. The van der Waals surface area contributed by atoms with Gasteiger partial charge in [0.15, 0.2) is 4.93 Å². The van der Waals surface area contributed by atoms with E-state index in [-0.39, 0.29) is 0 Å². The van der Waals surface area contributed by atoms with Crippen LogP contribution in [0.25, 0.3) is 0 Å². The lowest BCUT2D eigenvalue weighted by atomic mass is 9.99. The highest BCUT2D eigenvalue weighted by Crippen LogP contribution is 2.42. The minimum absolute atomic E-state index is 0.370. The molecule has 0 aliphatic carbocycles. The van der Waals surface area contributed by atoms with Crippen LogP contribution in [0, 0.1) is 0 Å². The third-order valence-electron chi connectivity index (χ3n) is 3.19. The van der Waals surface area contributed by atoms with Crippen molar-refractivity contribution in [2.24, 2.45) is 0 Å². The molecule has 22 heavy (non-hydrogen) atoms. The monoisotopic (exact) mass is 334 g/mol. The van der Waals surface area contributed by atoms with Crippen LogP contribution in [0.4, 0.5) is 0 Å². The maximum absolute atomic E-state index is 10.1. The predicted molar refractivity (Wildman–Crippen MR) is 95.7 cm³/mol. The van der Waals surface area contributed by atoms with Crippen molar-refractivity contribution in [2.75, 3.05) is 18.5 Å². The normalized spacial score (nSPS) is 11.4. The molecule has 0 unspecified atom stereocenters. The SMILES string of the molecule is CSCOB(O)OC(SC)(c1ccccc1)c1ccccc1. The summed E-state index contributed by atoms with van der Waals surface area (Å²) in [4.78, 5) is -0.819. The Kier molecular flexibility index (Phi) is 6.86. The molecule has 0 aliphatic rings. The number of rotatable bonds is 8. The Morgan fingerprint density at radius 3 is 1.86 bits per heavy atom. The van der Waals surface area contributed by atoms with Gasteiger partial charge in [0, 0.05) is 0 Å². The van der Waals surface area contributed by atoms with Gasteiger partial charge in [-0.05, 0) is 23.6 Å². The molecular formula is C16H19BO3S2. The third kappa shape index (κ3) is 4.09. The zero-order valence-electron chi connectivity index (χ0n) is 12.6. The lowest BCUT2D eigenvalue weighted by Crippen LogP contribution is -2.36. The van der Waals surface area contributed by atoms with Crippen LogP contribution in [0.5, 0.6) is 0 Å². The van der Waals surface area contributed by atoms with Gasteiger partial charge >= 0.3 is 7.32 Å². The van der Waals surface area contributed by atoms with Crippen molar-refractivity contribution < 1.29 is 14.3 Å². The van der Waals surface area contributed by atoms with Gasteiger partial charge in [-0.15, -0.1) is 23.5 Å². The summed E-state index contributed by atoms with van der Waals surface area (Å²) in [7, 11) is -1.29. The van der Waals surface area contributed by atoms with Crippen LogP contribution in [-0.4, -0.2) is 30.8 Å². The van der Waals surface area contributed by atoms with Crippen molar-refractivity contribution >= 4 is 30.8 Å². The molecule has 116 valence electrons. The zero-order valence-corrected chi connectivity index (χ0v) is 14.3. The summed E-state index contributed by atoms with van der Waals surface area (Å²) in [6.45, 7) is 0.